The van der Waals surface area contributed by atoms with Gasteiger partial charge in [0.05, 0.1) is 6.04 Å². The number of nitrogens with one attached hydrogen (secondary N) is 1. The second-order valence-corrected chi connectivity index (χ2v) is 4.56. The number of rotatable bonds is 7. The van der Waals surface area contributed by atoms with E-state index in [4.69, 9.17) is 14.9 Å². The molecular formula is C14H18N4O3. The van der Waals surface area contributed by atoms with E-state index in [1.54, 1.807) is 25.3 Å². The van der Waals surface area contributed by atoms with Crippen LogP contribution in [-0.2, 0) is 9.53 Å². The Morgan fingerprint density at radius 2 is 2.38 bits per heavy atom. The summed E-state index contributed by atoms with van der Waals surface area (Å²) >= 11 is 0. The summed E-state index contributed by atoms with van der Waals surface area (Å²) in [7, 11) is 1.62. The molecule has 2 rings (SSSR count). The van der Waals surface area contributed by atoms with Gasteiger partial charge in [0.15, 0.2) is 0 Å². The van der Waals surface area contributed by atoms with E-state index < -0.39 is 6.04 Å². The maximum atomic E-state index is 12.0. The van der Waals surface area contributed by atoms with E-state index >= 15 is 0 Å². The third-order valence-electron chi connectivity index (χ3n) is 2.94. The van der Waals surface area contributed by atoms with Crippen molar-refractivity contribution >= 4 is 11.6 Å². The predicted molar refractivity (Wildman–Crippen MR) is 77.4 cm³/mol. The average Bonchev–Trinajstić information content (AvgIpc) is 3.02. The highest BCUT2D eigenvalue weighted by atomic mass is 16.5. The van der Waals surface area contributed by atoms with Crippen LogP contribution >= 0.6 is 0 Å². The van der Waals surface area contributed by atoms with E-state index in [0.29, 0.717) is 24.6 Å². The Morgan fingerprint density at radius 1 is 1.52 bits per heavy atom. The zero-order valence-corrected chi connectivity index (χ0v) is 11.8. The van der Waals surface area contributed by atoms with E-state index in [-0.39, 0.29) is 5.91 Å². The topological polar surface area (TPSA) is 103 Å². The van der Waals surface area contributed by atoms with Crippen LogP contribution in [0.3, 0.4) is 0 Å². The van der Waals surface area contributed by atoms with Gasteiger partial charge in [0, 0.05) is 25.0 Å². The molecule has 3 N–H and O–H groups in total. The van der Waals surface area contributed by atoms with Crippen LogP contribution in [0.15, 0.2) is 35.1 Å². The lowest BCUT2D eigenvalue weighted by Crippen LogP contribution is -2.35. The summed E-state index contributed by atoms with van der Waals surface area (Å²) in [6.07, 6.45) is 2.57. The number of benzene rings is 1. The standard InChI is InChI=1S/C14H18N4O3/c1-20-7-3-6-12(15)13(19)17-11-5-2-4-10(8-11)14-18-16-9-21-14/h2,4-5,8-9,12H,3,6-7,15H2,1H3,(H,17,19). The minimum absolute atomic E-state index is 0.228. The van der Waals surface area contributed by atoms with Gasteiger partial charge in [-0.3, -0.25) is 4.79 Å². The Hall–Kier alpha value is -2.25. The van der Waals surface area contributed by atoms with Crippen molar-refractivity contribution in [2.45, 2.75) is 18.9 Å². The van der Waals surface area contributed by atoms with Crippen LogP contribution in [-0.4, -0.2) is 35.9 Å². The number of carbonyl (C=O) groups is 1. The SMILES string of the molecule is COCCCC(N)C(=O)Nc1cccc(-c2nnco2)c1. The third kappa shape index (κ3) is 4.37. The third-order valence-corrected chi connectivity index (χ3v) is 2.94. The van der Waals surface area contributed by atoms with E-state index in [1.165, 1.54) is 6.39 Å². The van der Waals surface area contributed by atoms with Crippen molar-refractivity contribution in [2.75, 3.05) is 19.0 Å². The molecule has 1 aromatic carbocycles. The van der Waals surface area contributed by atoms with Crippen molar-refractivity contribution < 1.29 is 13.9 Å². The lowest BCUT2D eigenvalue weighted by Gasteiger charge is -2.12. The first-order valence-electron chi connectivity index (χ1n) is 6.62. The molecule has 1 unspecified atom stereocenters. The molecule has 7 heteroatoms. The molecule has 0 radical (unpaired) electrons. The van der Waals surface area contributed by atoms with Gasteiger partial charge in [0.25, 0.3) is 0 Å². The summed E-state index contributed by atoms with van der Waals surface area (Å²) in [5, 5.41) is 10.2. The Kier molecular flexibility index (Phi) is 5.42. The average molecular weight is 290 g/mol. The zero-order valence-electron chi connectivity index (χ0n) is 11.8. The fourth-order valence-electron chi connectivity index (χ4n) is 1.84. The number of nitrogens with zero attached hydrogens (tertiary/aromatic N) is 2. The number of hydrogen-bond acceptors (Lipinski definition) is 6. The van der Waals surface area contributed by atoms with Gasteiger partial charge in [-0.2, -0.15) is 0 Å². The maximum Gasteiger partial charge on any atom is 0.247 e. The first kappa shape index (κ1) is 15.1. The predicted octanol–water partition coefficient (Wildman–Crippen LogP) is 1.43. The van der Waals surface area contributed by atoms with E-state index in [1.807, 2.05) is 6.07 Å². The number of anilines is 1. The molecule has 112 valence electrons. The number of methoxy groups -OCH3 is 1. The molecule has 0 spiro atoms. The normalized spacial score (nSPS) is 12.1. The largest absolute Gasteiger partial charge is 0.423 e. The van der Waals surface area contributed by atoms with Crippen LogP contribution < -0.4 is 11.1 Å². The molecule has 1 atom stereocenters. The number of ether oxygens (including phenoxy) is 1. The molecule has 0 saturated carbocycles. The van der Waals surface area contributed by atoms with Crippen molar-refractivity contribution in [2.24, 2.45) is 5.73 Å². The summed E-state index contributed by atoms with van der Waals surface area (Å²) in [6, 6.07) is 6.59. The minimum Gasteiger partial charge on any atom is -0.423 e. The molecule has 0 fully saturated rings. The summed E-state index contributed by atoms with van der Waals surface area (Å²) in [5.41, 5.74) is 7.20. The van der Waals surface area contributed by atoms with Gasteiger partial charge in [0.1, 0.15) is 0 Å². The van der Waals surface area contributed by atoms with Gasteiger partial charge >= 0.3 is 0 Å². The first-order chi connectivity index (χ1) is 10.2. The van der Waals surface area contributed by atoms with Gasteiger partial charge in [-0.1, -0.05) is 6.07 Å². The Labute approximate surface area is 122 Å². The van der Waals surface area contributed by atoms with Crippen LogP contribution in [0.25, 0.3) is 11.5 Å². The van der Waals surface area contributed by atoms with Gasteiger partial charge in [-0.05, 0) is 31.0 Å². The summed E-state index contributed by atoms with van der Waals surface area (Å²) in [6.45, 7) is 0.591. The zero-order chi connectivity index (χ0) is 15.1. The van der Waals surface area contributed by atoms with Gasteiger partial charge < -0.3 is 20.2 Å². The van der Waals surface area contributed by atoms with Crippen molar-refractivity contribution in [3.8, 4) is 11.5 Å². The van der Waals surface area contributed by atoms with E-state index in [0.717, 1.165) is 12.0 Å². The Balaban J connectivity index is 1.96. The second-order valence-electron chi connectivity index (χ2n) is 4.56. The molecule has 21 heavy (non-hydrogen) atoms. The molecule has 0 aliphatic carbocycles. The molecule has 1 aromatic heterocycles. The number of hydrogen-bond donors (Lipinski definition) is 2. The van der Waals surface area contributed by atoms with Crippen LogP contribution in [0.5, 0.6) is 0 Å². The molecule has 0 aliphatic rings. The van der Waals surface area contributed by atoms with Gasteiger partial charge in [-0.25, -0.2) is 0 Å². The van der Waals surface area contributed by atoms with Crippen LogP contribution in [0, 0.1) is 0 Å². The fourth-order valence-corrected chi connectivity index (χ4v) is 1.84. The van der Waals surface area contributed by atoms with Crippen LogP contribution in [0.4, 0.5) is 5.69 Å². The maximum absolute atomic E-state index is 12.0. The number of amides is 1. The lowest BCUT2D eigenvalue weighted by atomic mass is 10.1. The molecule has 1 amide bonds. The van der Waals surface area contributed by atoms with E-state index in [9.17, 15) is 4.79 Å². The molecule has 0 saturated heterocycles. The molecule has 0 aliphatic heterocycles. The highest BCUT2D eigenvalue weighted by molar-refractivity contribution is 5.95. The van der Waals surface area contributed by atoms with Gasteiger partial charge in [-0.15, -0.1) is 10.2 Å². The number of nitrogens with two attached hydrogens (primary N) is 1. The van der Waals surface area contributed by atoms with Crippen molar-refractivity contribution in [3.63, 3.8) is 0 Å². The Bertz CT molecular complexity index is 571. The summed E-state index contributed by atoms with van der Waals surface area (Å²) in [5.74, 6) is 0.171. The summed E-state index contributed by atoms with van der Waals surface area (Å²) < 4.78 is 10.1. The van der Waals surface area contributed by atoms with Crippen LogP contribution in [0.1, 0.15) is 12.8 Å². The molecule has 1 heterocycles. The van der Waals surface area contributed by atoms with Crippen LogP contribution in [0.2, 0.25) is 0 Å². The Morgan fingerprint density at radius 3 is 3.10 bits per heavy atom. The smallest absolute Gasteiger partial charge is 0.247 e. The quantitative estimate of drug-likeness (QED) is 0.748. The molecular weight excluding hydrogens is 272 g/mol. The molecule has 0 bridgehead atoms. The minimum atomic E-state index is -0.563. The number of aromatic nitrogens is 2. The molecule has 7 nitrogen and oxygen atoms in total. The van der Waals surface area contributed by atoms with Crippen molar-refractivity contribution in [1.82, 2.24) is 10.2 Å². The number of carbonyl (C=O) groups excluding carboxylic acids is 1. The first-order valence-corrected chi connectivity index (χ1v) is 6.62. The second kappa shape index (κ2) is 7.51. The van der Waals surface area contributed by atoms with Gasteiger partial charge in [0.2, 0.25) is 18.2 Å². The highest BCUT2D eigenvalue weighted by Gasteiger charge is 2.13. The summed E-state index contributed by atoms with van der Waals surface area (Å²) in [4.78, 5) is 12.0. The highest BCUT2D eigenvalue weighted by Crippen LogP contribution is 2.20. The monoisotopic (exact) mass is 290 g/mol. The van der Waals surface area contributed by atoms with Crippen molar-refractivity contribution in [1.29, 1.82) is 0 Å². The van der Waals surface area contributed by atoms with Crippen molar-refractivity contribution in [3.05, 3.63) is 30.7 Å². The lowest BCUT2D eigenvalue weighted by molar-refractivity contribution is -0.117. The fraction of sp³-hybridized carbons (Fsp3) is 0.357. The van der Waals surface area contributed by atoms with E-state index in [2.05, 4.69) is 15.5 Å². The molecule has 2 aromatic rings.